The number of nitrogens with zero attached hydrogens (tertiary/aromatic N) is 2. The van der Waals surface area contributed by atoms with Crippen LogP contribution in [0.3, 0.4) is 0 Å². The second-order valence-electron chi connectivity index (χ2n) is 4.27. The maximum absolute atomic E-state index is 12.9. The van der Waals surface area contributed by atoms with E-state index in [1.165, 1.54) is 12.1 Å². The van der Waals surface area contributed by atoms with Crippen LogP contribution < -0.4 is 0 Å². The summed E-state index contributed by atoms with van der Waals surface area (Å²) in [4.78, 5) is 7.75. The van der Waals surface area contributed by atoms with Crippen LogP contribution in [0.1, 0.15) is 10.7 Å². The highest BCUT2D eigenvalue weighted by Gasteiger charge is 2.10. The highest BCUT2D eigenvalue weighted by atomic mass is 32.1. The third-order valence-electron chi connectivity index (χ3n) is 2.40. The van der Waals surface area contributed by atoms with Gasteiger partial charge in [0.25, 0.3) is 0 Å². The van der Waals surface area contributed by atoms with Crippen molar-refractivity contribution >= 4 is 11.3 Å². The van der Waals surface area contributed by atoms with Crippen molar-refractivity contribution in [1.29, 1.82) is 0 Å². The van der Waals surface area contributed by atoms with Gasteiger partial charge in [0.2, 0.25) is 0 Å². The summed E-state index contributed by atoms with van der Waals surface area (Å²) < 4.78 is 12.9. The summed E-state index contributed by atoms with van der Waals surface area (Å²) in [5.74, 6) is -0.204. The Labute approximate surface area is 105 Å². The molecule has 0 saturated heterocycles. The molecular formula is C13H15FN2S. The first-order valence-electron chi connectivity index (χ1n) is 5.43. The molecule has 17 heavy (non-hydrogen) atoms. The largest absolute Gasteiger partial charge is 0.303 e. The summed E-state index contributed by atoms with van der Waals surface area (Å²) >= 11 is 1.67. The molecule has 0 radical (unpaired) electrons. The van der Waals surface area contributed by atoms with Crippen LogP contribution in [0, 0.1) is 12.7 Å². The second kappa shape index (κ2) is 4.94. The molecule has 2 aromatic rings. The van der Waals surface area contributed by atoms with Crippen molar-refractivity contribution in [2.45, 2.75) is 13.5 Å². The molecule has 0 fully saturated rings. The average Bonchev–Trinajstić information content (AvgIpc) is 2.59. The third kappa shape index (κ3) is 2.90. The van der Waals surface area contributed by atoms with E-state index in [4.69, 9.17) is 0 Å². The van der Waals surface area contributed by atoms with Crippen molar-refractivity contribution in [2.24, 2.45) is 0 Å². The Hall–Kier alpha value is -1.26. The highest BCUT2D eigenvalue weighted by Crippen LogP contribution is 2.30. The van der Waals surface area contributed by atoms with E-state index < -0.39 is 0 Å². The van der Waals surface area contributed by atoms with E-state index in [9.17, 15) is 4.39 Å². The molecule has 4 heteroatoms. The normalized spacial score (nSPS) is 11.1. The molecular weight excluding hydrogens is 235 g/mol. The van der Waals surface area contributed by atoms with Gasteiger partial charge in [0.05, 0.1) is 10.6 Å². The fourth-order valence-corrected chi connectivity index (χ4v) is 2.85. The lowest BCUT2D eigenvalue weighted by Gasteiger charge is -2.04. The fourth-order valence-electron chi connectivity index (χ4n) is 1.66. The number of halogens is 1. The number of hydrogen-bond donors (Lipinski definition) is 0. The van der Waals surface area contributed by atoms with Crippen LogP contribution >= 0.6 is 11.3 Å². The Balaban J connectivity index is 2.32. The highest BCUT2D eigenvalue weighted by molar-refractivity contribution is 7.15. The maximum atomic E-state index is 12.9. The van der Waals surface area contributed by atoms with Crippen molar-refractivity contribution in [3.63, 3.8) is 0 Å². The first kappa shape index (κ1) is 12.2. The van der Waals surface area contributed by atoms with Crippen molar-refractivity contribution in [1.82, 2.24) is 9.88 Å². The Morgan fingerprint density at radius 1 is 1.24 bits per heavy atom. The first-order valence-corrected chi connectivity index (χ1v) is 6.25. The van der Waals surface area contributed by atoms with Gasteiger partial charge in [-0.25, -0.2) is 9.37 Å². The van der Waals surface area contributed by atoms with Gasteiger partial charge in [0.1, 0.15) is 10.8 Å². The van der Waals surface area contributed by atoms with Crippen LogP contribution in [0.5, 0.6) is 0 Å². The lowest BCUT2D eigenvalue weighted by Crippen LogP contribution is -2.10. The molecule has 0 aliphatic rings. The topological polar surface area (TPSA) is 16.1 Å². The van der Waals surface area contributed by atoms with Gasteiger partial charge in [-0.3, -0.25) is 0 Å². The standard InChI is InChI=1S/C13H15FN2S/c1-9-13(10-4-6-11(14)7-5-10)17-12(15-9)8-16(2)3/h4-7H,8H2,1-3H3. The van der Waals surface area contributed by atoms with E-state index >= 15 is 0 Å². The van der Waals surface area contributed by atoms with Crippen LogP contribution in [-0.2, 0) is 6.54 Å². The molecule has 1 aromatic heterocycles. The van der Waals surface area contributed by atoms with Gasteiger partial charge < -0.3 is 4.90 Å². The minimum absolute atomic E-state index is 0.204. The van der Waals surface area contributed by atoms with Gasteiger partial charge in [0, 0.05) is 6.54 Å². The molecule has 90 valence electrons. The average molecular weight is 250 g/mol. The lowest BCUT2D eigenvalue weighted by molar-refractivity contribution is 0.401. The monoisotopic (exact) mass is 250 g/mol. The summed E-state index contributed by atoms with van der Waals surface area (Å²) in [7, 11) is 4.04. The zero-order valence-corrected chi connectivity index (χ0v) is 11.0. The van der Waals surface area contributed by atoms with Crippen LogP contribution in [-0.4, -0.2) is 24.0 Å². The maximum Gasteiger partial charge on any atom is 0.123 e. The van der Waals surface area contributed by atoms with Crippen LogP contribution in [0.2, 0.25) is 0 Å². The summed E-state index contributed by atoms with van der Waals surface area (Å²) in [6.45, 7) is 2.83. The minimum Gasteiger partial charge on any atom is -0.303 e. The second-order valence-corrected chi connectivity index (χ2v) is 5.35. The molecule has 0 N–H and O–H groups in total. The molecule has 0 aliphatic carbocycles. The minimum atomic E-state index is -0.204. The number of thiazole rings is 1. The van der Waals surface area contributed by atoms with Crippen molar-refractivity contribution in [2.75, 3.05) is 14.1 Å². The van der Waals surface area contributed by atoms with Gasteiger partial charge >= 0.3 is 0 Å². The smallest absolute Gasteiger partial charge is 0.123 e. The molecule has 2 rings (SSSR count). The number of aromatic nitrogens is 1. The van der Waals surface area contributed by atoms with E-state index in [1.807, 2.05) is 21.0 Å². The van der Waals surface area contributed by atoms with Gasteiger partial charge in [0.15, 0.2) is 0 Å². The van der Waals surface area contributed by atoms with E-state index in [-0.39, 0.29) is 5.82 Å². The zero-order valence-electron chi connectivity index (χ0n) is 10.2. The lowest BCUT2D eigenvalue weighted by atomic mass is 10.1. The molecule has 0 aliphatic heterocycles. The van der Waals surface area contributed by atoms with Crippen molar-refractivity contribution < 1.29 is 4.39 Å². The summed E-state index contributed by atoms with van der Waals surface area (Å²) in [5.41, 5.74) is 2.05. The number of hydrogen-bond acceptors (Lipinski definition) is 3. The Bertz CT molecular complexity index is 503. The van der Waals surface area contributed by atoms with Crippen molar-refractivity contribution in [3.05, 3.63) is 40.8 Å². The molecule has 0 atom stereocenters. The molecule has 0 unspecified atom stereocenters. The van der Waals surface area contributed by atoms with E-state index in [1.54, 1.807) is 23.5 Å². The SMILES string of the molecule is Cc1nc(CN(C)C)sc1-c1ccc(F)cc1. The Morgan fingerprint density at radius 3 is 2.47 bits per heavy atom. The van der Waals surface area contributed by atoms with Crippen LogP contribution in [0.4, 0.5) is 4.39 Å². The molecule has 0 saturated carbocycles. The molecule has 0 amide bonds. The van der Waals surface area contributed by atoms with Gasteiger partial charge in [-0.05, 0) is 38.7 Å². The predicted molar refractivity (Wildman–Crippen MR) is 69.6 cm³/mol. The molecule has 1 aromatic carbocycles. The van der Waals surface area contributed by atoms with E-state index in [0.29, 0.717) is 0 Å². The molecule has 2 nitrogen and oxygen atoms in total. The quantitative estimate of drug-likeness (QED) is 0.830. The molecule has 1 heterocycles. The summed E-state index contributed by atoms with van der Waals surface area (Å²) in [5, 5.41) is 1.09. The fraction of sp³-hybridized carbons (Fsp3) is 0.308. The molecule has 0 spiro atoms. The third-order valence-corrected chi connectivity index (χ3v) is 3.59. The summed E-state index contributed by atoms with van der Waals surface area (Å²) in [6.07, 6.45) is 0. The Kier molecular flexibility index (Phi) is 3.54. The van der Waals surface area contributed by atoms with Crippen LogP contribution in [0.25, 0.3) is 10.4 Å². The van der Waals surface area contributed by atoms with Gasteiger partial charge in [-0.2, -0.15) is 0 Å². The number of benzene rings is 1. The van der Waals surface area contributed by atoms with Gasteiger partial charge in [-0.15, -0.1) is 11.3 Å². The zero-order chi connectivity index (χ0) is 12.4. The molecule has 0 bridgehead atoms. The van der Waals surface area contributed by atoms with E-state index in [2.05, 4.69) is 9.88 Å². The predicted octanol–water partition coefficient (Wildman–Crippen LogP) is 3.32. The first-order chi connectivity index (χ1) is 8.06. The van der Waals surface area contributed by atoms with E-state index in [0.717, 1.165) is 27.7 Å². The van der Waals surface area contributed by atoms with Crippen LogP contribution in [0.15, 0.2) is 24.3 Å². The number of rotatable bonds is 3. The van der Waals surface area contributed by atoms with Gasteiger partial charge in [-0.1, -0.05) is 12.1 Å². The number of aryl methyl sites for hydroxylation is 1. The Morgan fingerprint density at radius 2 is 1.88 bits per heavy atom. The van der Waals surface area contributed by atoms with Crippen molar-refractivity contribution in [3.8, 4) is 10.4 Å². The summed E-state index contributed by atoms with van der Waals surface area (Å²) in [6, 6.07) is 6.57.